The number of carbonyl (C=O) groups is 6. The Morgan fingerprint density at radius 1 is 0.824 bits per heavy atom. The van der Waals surface area contributed by atoms with Crippen molar-refractivity contribution in [2.45, 2.75) is 63.2 Å². The van der Waals surface area contributed by atoms with Gasteiger partial charge in [0, 0.05) is 13.0 Å². The molecule has 0 saturated heterocycles. The number of primary amides is 1. The third-order valence-electron chi connectivity index (χ3n) is 4.29. The van der Waals surface area contributed by atoms with E-state index in [4.69, 9.17) is 28.0 Å². The zero-order chi connectivity index (χ0) is 26.4. The summed E-state index contributed by atoms with van der Waals surface area (Å²) in [6.07, 6.45) is -1.41. The highest BCUT2D eigenvalue weighted by Gasteiger charge is 2.30. The molecule has 0 aliphatic heterocycles. The Morgan fingerprint density at radius 2 is 1.35 bits per heavy atom. The van der Waals surface area contributed by atoms with Crippen LogP contribution in [0.5, 0.6) is 0 Å². The lowest BCUT2D eigenvalue weighted by Crippen LogP contribution is -2.57. The summed E-state index contributed by atoms with van der Waals surface area (Å²) in [6.45, 7) is 1.42. The maximum atomic E-state index is 12.7. The molecule has 192 valence electrons. The summed E-state index contributed by atoms with van der Waals surface area (Å²) in [6, 6.07) is -5.34. The molecule has 13 N–H and O–H groups in total. The van der Waals surface area contributed by atoms with Gasteiger partial charge < -0.3 is 49.1 Å². The fourth-order valence-corrected chi connectivity index (χ4v) is 2.56. The van der Waals surface area contributed by atoms with Gasteiger partial charge in [0.25, 0.3) is 0 Å². The van der Waals surface area contributed by atoms with E-state index >= 15 is 0 Å². The van der Waals surface area contributed by atoms with Gasteiger partial charge in [0.05, 0.1) is 12.5 Å². The second-order valence-corrected chi connectivity index (χ2v) is 7.36. The highest BCUT2D eigenvalue weighted by molar-refractivity contribution is 5.96. The minimum absolute atomic E-state index is 0.0653. The Balaban J connectivity index is 5.58. The number of aliphatic carboxylic acids is 2. The number of nitrogens with zero attached hydrogens (tertiary/aromatic N) is 1. The summed E-state index contributed by atoms with van der Waals surface area (Å²) >= 11 is 0. The van der Waals surface area contributed by atoms with E-state index in [0.717, 1.165) is 0 Å². The van der Waals surface area contributed by atoms with Crippen LogP contribution in [0.1, 0.15) is 39.0 Å². The van der Waals surface area contributed by atoms with Crippen LogP contribution in [-0.2, 0) is 28.8 Å². The molecule has 0 spiro atoms. The van der Waals surface area contributed by atoms with Crippen molar-refractivity contribution in [2.75, 3.05) is 6.54 Å². The van der Waals surface area contributed by atoms with Gasteiger partial charge in [-0.2, -0.15) is 0 Å². The third-order valence-corrected chi connectivity index (χ3v) is 4.29. The maximum Gasteiger partial charge on any atom is 0.326 e. The van der Waals surface area contributed by atoms with Gasteiger partial charge in [0.2, 0.25) is 23.6 Å². The van der Waals surface area contributed by atoms with Crippen LogP contribution in [-0.4, -0.2) is 82.5 Å². The average molecular weight is 489 g/mol. The largest absolute Gasteiger partial charge is 0.481 e. The molecule has 0 radical (unpaired) electrons. The number of rotatable bonds is 16. The van der Waals surface area contributed by atoms with Crippen LogP contribution in [0.4, 0.5) is 0 Å². The summed E-state index contributed by atoms with van der Waals surface area (Å²) < 4.78 is 0. The van der Waals surface area contributed by atoms with Crippen LogP contribution < -0.4 is 38.9 Å². The molecule has 0 aliphatic carbocycles. The zero-order valence-electron chi connectivity index (χ0n) is 18.7. The van der Waals surface area contributed by atoms with Crippen molar-refractivity contribution in [1.29, 1.82) is 0 Å². The van der Waals surface area contributed by atoms with Crippen LogP contribution in [0.25, 0.3) is 0 Å². The molecular formula is C18H32N8O8. The molecule has 0 aromatic heterocycles. The first kappa shape index (κ1) is 30.1. The van der Waals surface area contributed by atoms with E-state index in [-0.39, 0.29) is 25.3 Å². The minimum atomic E-state index is -1.54. The summed E-state index contributed by atoms with van der Waals surface area (Å²) in [5, 5.41) is 24.8. The Labute approximate surface area is 194 Å². The smallest absolute Gasteiger partial charge is 0.326 e. The normalized spacial score (nSPS) is 13.9. The predicted octanol–water partition coefficient (Wildman–Crippen LogP) is -4.33. The number of carboxylic acids is 2. The summed E-state index contributed by atoms with van der Waals surface area (Å²) in [7, 11) is 0. The second-order valence-electron chi connectivity index (χ2n) is 7.36. The molecule has 0 aliphatic rings. The Morgan fingerprint density at radius 3 is 1.82 bits per heavy atom. The molecule has 16 heteroatoms. The lowest BCUT2D eigenvalue weighted by molar-refractivity contribution is -0.143. The Hall–Kier alpha value is -3.95. The van der Waals surface area contributed by atoms with Crippen LogP contribution in [0, 0.1) is 0 Å². The number of hydrogen-bond acceptors (Lipinski definition) is 8. The third kappa shape index (κ3) is 12.8. The highest BCUT2D eigenvalue weighted by Crippen LogP contribution is 2.05. The zero-order valence-corrected chi connectivity index (χ0v) is 18.7. The van der Waals surface area contributed by atoms with Gasteiger partial charge in [0.15, 0.2) is 5.96 Å². The average Bonchev–Trinajstić information content (AvgIpc) is 2.71. The molecule has 16 nitrogen and oxygen atoms in total. The standard InChI is InChI=1S/C18H32N8O8/c1-8(19)14(30)26-11(7-12(20)27)16(32)24-9(3-2-6-23-18(21)22)15(31)25-10(17(33)34)4-5-13(28)29/h8-11H,2-7,19H2,1H3,(H2,20,27)(H,24,32)(H,25,31)(H,26,30)(H,28,29)(H,33,34)(H4,21,22,23). The van der Waals surface area contributed by atoms with Crippen molar-refractivity contribution in [3.05, 3.63) is 0 Å². The maximum absolute atomic E-state index is 12.7. The number of carboxylic acid groups (broad SMARTS) is 2. The van der Waals surface area contributed by atoms with E-state index < -0.39 is 79.0 Å². The van der Waals surface area contributed by atoms with Crippen LogP contribution >= 0.6 is 0 Å². The second kappa shape index (κ2) is 15.0. The topological polar surface area (TPSA) is 295 Å². The molecular weight excluding hydrogens is 456 g/mol. The van der Waals surface area contributed by atoms with Crippen molar-refractivity contribution in [1.82, 2.24) is 16.0 Å². The molecule has 0 fully saturated rings. The number of nitrogens with two attached hydrogens (primary N) is 4. The highest BCUT2D eigenvalue weighted by atomic mass is 16.4. The van der Waals surface area contributed by atoms with Crippen molar-refractivity contribution in [3.8, 4) is 0 Å². The summed E-state index contributed by atoms with van der Waals surface area (Å²) in [4.78, 5) is 74.5. The summed E-state index contributed by atoms with van der Waals surface area (Å²) in [5.74, 6) is -6.50. The molecule has 4 amide bonds. The van der Waals surface area contributed by atoms with Gasteiger partial charge in [-0.1, -0.05) is 0 Å². The molecule has 0 heterocycles. The van der Waals surface area contributed by atoms with Crippen molar-refractivity contribution in [2.24, 2.45) is 27.9 Å². The molecule has 0 aromatic carbocycles. The Bertz CT molecular complexity index is 797. The lowest BCUT2D eigenvalue weighted by Gasteiger charge is -2.24. The van der Waals surface area contributed by atoms with Gasteiger partial charge in [0.1, 0.15) is 18.1 Å². The first-order chi connectivity index (χ1) is 15.7. The van der Waals surface area contributed by atoms with Crippen molar-refractivity contribution in [3.63, 3.8) is 0 Å². The molecule has 0 saturated carbocycles. The van der Waals surface area contributed by atoms with E-state index in [2.05, 4.69) is 20.9 Å². The fraction of sp³-hybridized carbons (Fsp3) is 0.611. The molecule has 0 rings (SSSR count). The first-order valence-electron chi connectivity index (χ1n) is 10.2. The van der Waals surface area contributed by atoms with Gasteiger partial charge in [-0.15, -0.1) is 0 Å². The number of amides is 4. The monoisotopic (exact) mass is 488 g/mol. The number of nitrogens with one attached hydrogen (secondary N) is 3. The summed E-state index contributed by atoms with van der Waals surface area (Å²) in [5.41, 5.74) is 21.0. The van der Waals surface area contributed by atoms with E-state index in [1.54, 1.807) is 0 Å². The first-order valence-corrected chi connectivity index (χ1v) is 10.2. The fourth-order valence-electron chi connectivity index (χ4n) is 2.56. The van der Waals surface area contributed by atoms with Crippen molar-refractivity contribution >= 4 is 41.5 Å². The quantitative estimate of drug-likeness (QED) is 0.0568. The Kier molecular flexibility index (Phi) is 13.2. The number of aliphatic imine (C=N–C) groups is 1. The van der Waals surface area contributed by atoms with Crippen LogP contribution in [0.3, 0.4) is 0 Å². The van der Waals surface area contributed by atoms with E-state index in [9.17, 15) is 33.9 Å². The molecule has 0 aromatic rings. The number of guanidine groups is 1. The SMILES string of the molecule is CC(N)C(=O)NC(CC(N)=O)C(=O)NC(CCCN=C(N)N)C(=O)NC(CCC(=O)O)C(=O)O. The number of carbonyl (C=O) groups excluding carboxylic acids is 4. The van der Waals surface area contributed by atoms with Gasteiger partial charge in [-0.25, -0.2) is 4.79 Å². The number of hydrogen-bond donors (Lipinski definition) is 9. The van der Waals surface area contributed by atoms with Gasteiger partial charge in [-0.3, -0.25) is 29.0 Å². The minimum Gasteiger partial charge on any atom is -0.481 e. The van der Waals surface area contributed by atoms with E-state index in [1.165, 1.54) is 6.92 Å². The molecule has 4 unspecified atom stereocenters. The van der Waals surface area contributed by atoms with E-state index in [0.29, 0.717) is 0 Å². The lowest BCUT2D eigenvalue weighted by atomic mass is 10.1. The van der Waals surface area contributed by atoms with E-state index in [1.807, 2.05) is 0 Å². The van der Waals surface area contributed by atoms with Gasteiger partial charge >= 0.3 is 11.9 Å². The van der Waals surface area contributed by atoms with Crippen LogP contribution in [0.2, 0.25) is 0 Å². The molecule has 34 heavy (non-hydrogen) atoms. The predicted molar refractivity (Wildman–Crippen MR) is 118 cm³/mol. The molecule has 4 atom stereocenters. The van der Waals surface area contributed by atoms with Crippen molar-refractivity contribution < 1.29 is 39.0 Å². The van der Waals surface area contributed by atoms with Crippen LogP contribution in [0.15, 0.2) is 4.99 Å². The van der Waals surface area contributed by atoms with Gasteiger partial charge in [-0.05, 0) is 26.2 Å². The molecule has 0 bridgehead atoms.